The third-order valence-corrected chi connectivity index (χ3v) is 17.0. The monoisotopic (exact) mass is 825 g/mol. The number of rotatable bonds is 0. The fraction of sp³-hybridized carbons (Fsp3) is 0.0656. The zero-order chi connectivity index (χ0) is 41.8. The molecule has 4 nitrogen and oxygen atoms in total. The van der Waals surface area contributed by atoms with E-state index in [1.165, 1.54) is 76.8 Å². The van der Waals surface area contributed by atoms with Gasteiger partial charge in [-0.2, -0.15) is 0 Å². The van der Waals surface area contributed by atoms with Crippen LogP contribution in [0.3, 0.4) is 0 Å². The molecular weight excluding hydrogens is 795 g/mol. The van der Waals surface area contributed by atoms with E-state index in [0.29, 0.717) is 0 Å². The highest BCUT2D eigenvalue weighted by Crippen LogP contribution is 2.74. The number of nitrogens with zero attached hydrogens (tertiary/aromatic N) is 1. The first kappa shape index (κ1) is 32.5. The number of fused-ring (bicyclic) bond motifs is 23. The fourth-order valence-electron chi connectivity index (χ4n) is 14.8. The summed E-state index contributed by atoms with van der Waals surface area (Å²) in [5.41, 5.74) is 18.5. The zero-order valence-electron chi connectivity index (χ0n) is 34.6. The van der Waals surface area contributed by atoms with Crippen LogP contribution < -0.4 is 4.74 Å². The van der Waals surface area contributed by atoms with Gasteiger partial charge >= 0.3 is 0 Å². The van der Waals surface area contributed by atoms with Crippen molar-refractivity contribution in [3.63, 3.8) is 0 Å². The van der Waals surface area contributed by atoms with E-state index in [9.17, 15) is 0 Å². The molecule has 0 N–H and O–H groups in total. The number of hydrogen-bond acceptors (Lipinski definition) is 3. The quantitative estimate of drug-likeness (QED) is 0.143. The third kappa shape index (κ3) is 3.17. The molecule has 2 spiro atoms. The Balaban J connectivity index is 1.04. The summed E-state index contributed by atoms with van der Waals surface area (Å²) < 4.78 is 16.3. The van der Waals surface area contributed by atoms with Gasteiger partial charge in [0, 0.05) is 55.0 Å². The highest BCUT2D eigenvalue weighted by atomic mass is 16.5. The van der Waals surface area contributed by atoms with Gasteiger partial charge < -0.3 is 13.6 Å². The average Bonchev–Trinajstić information content (AvgIpc) is 4.06. The number of furan rings is 1. The molecule has 0 radical (unpaired) electrons. The molecule has 10 aromatic carbocycles. The number of benzene rings is 10. The molecule has 1 aliphatic heterocycles. The van der Waals surface area contributed by atoms with Crippen LogP contribution in [0.5, 0.6) is 11.5 Å². The minimum absolute atomic E-state index is 0.0990. The summed E-state index contributed by atoms with van der Waals surface area (Å²) in [5.74, 6) is 1.88. The number of para-hydroxylation sites is 2. The van der Waals surface area contributed by atoms with Crippen LogP contribution in [-0.2, 0) is 10.8 Å². The molecule has 0 fully saturated rings. The normalized spacial score (nSPS) is 20.0. The molecule has 3 aromatic heterocycles. The summed E-state index contributed by atoms with van der Waals surface area (Å²) in [6.45, 7) is 0. The number of aromatic nitrogens is 1. The molecule has 13 aromatic rings. The molecule has 4 aliphatic carbocycles. The van der Waals surface area contributed by atoms with Gasteiger partial charge in [0.15, 0.2) is 5.78 Å². The lowest BCUT2D eigenvalue weighted by atomic mass is 9.36. The Hall–Kier alpha value is -8.21. The van der Waals surface area contributed by atoms with Gasteiger partial charge in [-0.3, -0.25) is 4.79 Å². The molecule has 0 saturated carbocycles. The van der Waals surface area contributed by atoms with Crippen molar-refractivity contribution >= 4 is 76.6 Å². The predicted molar refractivity (Wildman–Crippen MR) is 257 cm³/mol. The maximum Gasteiger partial charge on any atom is 0.171 e. The fourth-order valence-corrected chi connectivity index (χ4v) is 14.8. The van der Waals surface area contributed by atoms with Crippen molar-refractivity contribution < 1.29 is 13.9 Å². The molecule has 3 unspecified atom stereocenters. The number of hydrogen-bond donors (Lipinski definition) is 0. The highest BCUT2D eigenvalue weighted by molar-refractivity contribution is 6.42. The van der Waals surface area contributed by atoms with Crippen LogP contribution >= 0.6 is 0 Å². The SMILES string of the molecule is O=C1c2cc3c(cc2C2c4ccccc4C24c2ccccc2C14)c1c2ccc4cccc5oc(c2c45)c2c4cc5c(cc4n3c12)-c1ccccc1C51c2ccccc2Oc2ccccc21. The van der Waals surface area contributed by atoms with E-state index in [1.54, 1.807) is 0 Å². The number of Topliss-reactive ketones (excluding diaryl/α,β-unsaturated/α-hetero) is 1. The first-order valence-electron chi connectivity index (χ1n) is 22.8. The maximum absolute atomic E-state index is 15.4. The van der Waals surface area contributed by atoms with Crippen molar-refractivity contribution in [2.75, 3.05) is 0 Å². The summed E-state index contributed by atoms with van der Waals surface area (Å²) in [6, 6.07) is 64.3. The first-order chi connectivity index (χ1) is 32.2. The van der Waals surface area contributed by atoms with E-state index in [1.807, 2.05) is 0 Å². The molecule has 0 bridgehead atoms. The molecule has 298 valence electrons. The van der Waals surface area contributed by atoms with Crippen molar-refractivity contribution in [1.29, 1.82) is 0 Å². The van der Waals surface area contributed by atoms with E-state index in [0.717, 1.165) is 72.2 Å². The molecule has 0 amide bonds. The lowest BCUT2D eigenvalue weighted by Crippen LogP contribution is -2.61. The Morgan fingerprint density at radius 2 is 1.09 bits per heavy atom. The van der Waals surface area contributed by atoms with Gasteiger partial charge in [0.25, 0.3) is 0 Å². The molecular formula is C61H31NO3. The minimum atomic E-state index is -0.616. The molecule has 18 rings (SSSR count). The predicted octanol–water partition coefficient (Wildman–Crippen LogP) is 14.5. The highest BCUT2D eigenvalue weighted by Gasteiger charge is 2.69. The number of ketones is 1. The number of carbonyl (C=O) groups is 1. The maximum atomic E-state index is 15.4. The largest absolute Gasteiger partial charge is 0.457 e. The molecule has 4 heteroatoms. The van der Waals surface area contributed by atoms with Gasteiger partial charge in [-0.05, 0) is 103 Å². The second kappa shape index (κ2) is 10.3. The Bertz CT molecular complexity index is 4400. The zero-order valence-corrected chi connectivity index (χ0v) is 34.6. The summed E-state index contributed by atoms with van der Waals surface area (Å²) >= 11 is 0. The molecule has 65 heavy (non-hydrogen) atoms. The van der Waals surface area contributed by atoms with Gasteiger partial charge in [0.2, 0.25) is 0 Å². The standard InChI is InChI=1S/C61H31NO3/c63-58-37-29-47-38(26-36(37)55-32-14-2-5-17-41(32)61(55)42-18-6-3-15-33(42)56(58)61)52-34-25-24-30-12-11-23-50-51(30)53(34)59(65-50)54-39-27-45-35(28-46(39)62(47)57(52)54)31-13-1-4-16-40(31)60(45)43-19-7-9-21-48(43)64-49-22-10-8-20-44(49)60/h1-29,55-56H. The second-order valence-corrected chi connectivity index (χ2v) is 19.2. The van der Waals surface area contributed by atoms with Gasteiger partial charge in [0.05, 0.1) is 33.3 Å². The topological polar surface area (TPSA) is 43.9 Å². The smallest absolute Gasteiger partial charge is 0.171 e. The van der Waals surface area contributed by atoms with Crippen molar-refractivity contribution in [3.8, 4) is 22.6 Å². The van der Waals surface area contributed by atoms with Crippen LogP contribution in [0.15, 0.2) is 180 Å². The summed E-state index contributed by atoms with van der Waals surface area (Å²) in [7, 11) is 0. The van der Waals surface area contributed by atoms with Gasteiger partial charge in [-0.15, -0.1) is 0 Å². The molecule has 3 atom stereocenters. The van der Waals surface area contributed by atoms with Gasteiger partial charge in [-0.25, -0.2) is 0 Å². The van der Waals surface area contributed by atoms with Crippen LogP contribution in [0.4, 0.5) is 0 Å². The van der Waals surface area contributed by atoms with E-state index in [4.69, 9.17) is 9.15 Å². The number of ether oxygens (including phenoxy) is 1. The Morgan fingerprint density at radius 3 is 1.86 bits per heavy atom. The van der Waals surface area contributed by atoms with Crippen LogP contribution in [0.1, 0.15) is 72.3 Å². The van der Waals surface area contributed by atoms with Gasteiger partial charge in [-0.1, -0.05) is 133 Å². The minimum Gasteiger partial charge on any atom is -0.457 e. The van der Waals surface area contributed by atoms with E-state index >= 15 is 4.79 Å². The molecule has 5 aliphatic rings. The Labute approximate surface area is 370 Å². The van der Waals surface area contributed by atoms with Crippen LogP contribution in [0.25, 0.3) is 81.9 Å². The lowest BCUT2D eigenvalue weighted by molar-refractivity contribution is 0.0847. The Morgan fingerprint density at radius 1 is 0.446 bits per heavy atom. The third-order valence-electron chi connectivity index (χ3n) is 17.0. The summed E-state index contributed by atoms with van der Waals surface area (Å²) in [5, 5.41) is 9.36. The van der Waals surface area contributed by atoms with Crippen LogP contribution in [0, 0.1) is 0 Å². The molecule has 4 heterocycles. The number of carbonyl (C=O) groups excluding carboxylic acids is 1. The van der Waals surface area contributed by atoms with Crippen molar-refractivity contribution in [2.24, 2.45) is 0 Å². The van der Waals surface area contributed by atoms with E-state index < -0.39 is 5.41 Å². The van der Waals surface area contributed by atoms with Crippen molar-refractivity contribution in [3.05, 3.63) is 232 Å². The Kier molecular flexibility index (Phi) is 5.12. The van der Waals surface area contributed by atoms with Crippen LogP contribution in [-0.4, -0.2) is 10.2 Å². The average molecular weight is 826 g/mol. The lowest BCUT2D eigenvalue weighted by Gasteiger charge is -2.64. The summed E-state index contributed by atoms with van der Waals surface area (Å²) in [6.07, 6.45) is 0. The first-order valence-corrected chi connectivity index (χ1v) is 22.8. The van der Waals surface area contributed by atoms with Crippen molar-refractivity contribution in [2.45, 2.75) is 22.7 Å². The van der Waals surface area contributed by atoms with E-state index in [2.05, 4.69) is 180 Å². The van der Waals surface area contributed by atoms with Crippen molar-refractivity contribution in [1.82, 2.24) is 4.40 Å². The second-order valence-electron chi connectivity index (χ2n) is 19.2. The van der Waals surface area contributed by atoms with E-state index in [-0.39, 0.29) is 23.0 Å². The molecule has 0 saturated heterocycles. The van der Waals surface area contributed by atoms with Crippen LogP contribution in [0.2, 0.25) is 0 Å². The summed E-state index contributed by atoms with van der Waals surface area (Å²) in [4.78, 5) is 15.4. The van der Waals surface area contributed by atoms with Gasteiger partial charge in [0.1, 0.15) is 22.7 Å².